The third-order valence-electron chi connectivity index (χ3n) is 3.60. The predicted octanol–water partition coefficient (Wildman–Crippen LogP) is 4.01. The van der Waals surface area contributed by atoms with E-state index in [1.165, 1.54) is 0 Å². The van der Waals surface area contributed by atoms with E-state index in [2.05, 4.69) is 30.5 Å². The normalized spacial score (nSPS) is 16.8. The van der Waals surface area contributed by atoms with Crippen LogP contribution in [0.25, 0.3) is 0 Å². The number of aromatic nitrogens is 1. The van der Waals surface area contributed by atoms with Gasteiger partial charge in [0.1, 0.15) is 9.62 Å². The summed E-state index contributed by atoms with van der Waals surface area (Å²) < 4.78 is 20.6. The summed E-state index contributed by atoms with van der Waals surface area (Å²) in [6.45, 7) is 12.0. The number of hydrogen-bond donors (Lipinski definition) is 2. The standard InChI is InChI=1S/C16H27ClN2O2S2/c1-14(2,3)16(22,19-23(20)15(4,5)6)9-11-8-12(21-7)13(17)18-10-11/h8,10,19,22H,9H2,1-7H3/t16-,23?/m0/s1. The van der Waals surface area contributed by atoms with Gasteiger partial charge in [-0.15, -0.1) is 4.72 Å². The molecule has 7 heteroatoms. The highest BCUT2D eigenvalue weighted by Gasteiger charge is 2.45. The van der Waals surface area contributed by atoms with E-state index >= 15 is 0 Å². The van der Waals surface area contributed by atoms with Crippen LogP contribution in [0.4, 0.5) is 0 Å². The highest BCUT2D eigenvalue weighted by atomic mass is 35.5. The van der Waals surface area contributed by atoms with Crippen LogP contribution in [-0.2, 0) is 17.8 Å². The monoisotopic (exact) mass is 378 g/mol. The van der Waals surface area contributed by atoms with Crippen LogP contribution in [-0.4, -0.2) is 26.3 Å². The first-order valence-electron chi connectivity index (χ1n) is 7.40. The van der Waals surface area contributed by atoms with Crippen molar-refractivity contribution >= 4 is 35.6 Å². The molecule has 1 rings (SSSR count). The molecule has 23 heavy (non-hydrogen) atoms. The van der Waals surface area contributed by atoms with Gasteiger partial charge in [0.05, 0.1) is 7.11 Å². The molecule has 2 atom stereocenters. The van der Waals surface area contributed by atoms with E-state index in [0.717, 1.165) is 5.56 Å². The minimum Gasteiger partial charge on any atom is -0.598 e. The van der Waals surface area contributed by atoms with Crippen molar-refractivity contribution in [1.29, 1.82) is 0 Å². The molecule has 0 aliphatic carbocycles. The topological polar surface area (TPSA) is 57.2 Å². The highest BCUT2D eigenvalue weighted by Crippen LogP contribution is 2.39. The highest BCUT2D eigenvalue weighted by molar-refractivity contribution is 7.92. The number of methoxy groups -OCH3 is 1. The Hall–Kier alpha value is -0.140. The maximum absolute atomic E-state index is 12.6. The van der Waals surface area contributed by atoms with Gasteiger partial charge in [0.15, 0.2) is 10.9 Å². The second-order valence-corrected chi connectivity index (χ2v) is 10.7. The molecule has 1 aromatic heterocycles. The van der Waals surface area contributed by atoms with Crippen molar-refractivity contribution < 1.29 is 9.29 Å². The molecule has 1 heterocycles. The van der Waals surface area contributed by atoms with Crippen LogP contribution in [0.2, 0.25) is 5.15 Å². The van der Waals surface area contributed by atoms with Crippen molar-refractivity contribution in [2.45, 2.75) is 57.6 Å². The third-order valence-corrected chi connectivity index (χ3v) is 6.62. The number of rotatable bonds is 5. The summed E-state index contributed by atoms with van der Waals surface area (Å²) in [7, 11) is 1.55. The lowest BCUT2D eigenvalue weighted by molar-refractivity contribution is 0.263. The average molecular weight is 379 g/mol. The van der Waals surface area contributed by atoms with E-state index in [-0.39, 0.29) is 10.2 Å². The quantitative estimate of drug-likeness (QED) is 0.352. The van der Waals surface area contributed by atoms with E-state index in [1.54, 1.807) is 13.3 Å². The average Bonchev–Trinajstić information content (AvgIpc) is 2.38. The van der Waals surface area contributed by atoms with E-state index in [0.29, 0.717) is 17.3 Å². The fraction of sp³-hybridized carbons (Fsp3) is 0.688. The van der Waals surface area contributed by atoms with Gasteiger partial charge in [-0.2, -0.15) is 12.6 Å². The van der Waals surface area contributed by atoms with Gasteiger partial charge in [-0.3, -0.25) is 0 Å². The lowest BCUT2D eigenvalue weighted by Gasteiger charge is -2.42. The van der Waals surface area contributed by atoms with Crippen molar-refractivity contribution in [3.8, 4) is 5.75 Å². The second-order valence-electron chi connectivity index (χ2n) is 7.61. The van der Waals surface area contributed by atoms with Crippen LogP contribution < -0.4 is 9.46 Å². The van der Waals surface area contributed by atoms with Crippen molar-refractivity contribution in [3.63, 3.8) is 0 Å². The van der Waals surface area contributed by atoms with Gasteiger partial charge in [-0.25, -0.2) is 4.98 Å². The molecule has 0 saturated carbocycles. The molecule has 0 aliphatic heterocycles. The van der Waals surface area contributed by atoms with Gasteiger partial charge in [-0.1, -0.05) is 32.4 Å². The third kappa shape index (κ3) is 5.43. The summed E-state index contributed by atoms with van der Waals surface area (Å²) in [5, 5.41) is 0.322. The molecule has 0 spiro atoms. The van der Waals surface area contributed by atoms with Crippen LogP contribution in [0.5, 0.6) is 5.75 Å². The van der Waals surface area contributed by atoms with Crippen molar-refractivity contribution in [2.75, 3.05) is 7.11 Å². The Morgan fingerprint density at radius 2 is 1.87 bits per heavy atom. The molecule has 0 aromatic carbocycles. The first-order valence-corrected chi connectivity index (χ1v) is 9.38. The Bertz CT molecular complexity index is 544. The second kappa shape index (κ2) is 7.40. The summed E-state index contributed by atoms with van der Waals surface area (Å²) in [4.78, 5) is 3.46. The molecule has 0 fully saturated rings. The van der Waals surface area contributed by atoms with Gasteiger partial charge in [-0.05, 0) is 37.8 Å². The zero-order valence-corrected chi connectivity index (χ0v) is 17.3. The zero-order chi connectivity index (χ0) is 18.1. The van der Waals surface area contributed by atoms with Crippen LogP contribution in [0, 0.1) is 5.41 Å². The predicted molar refractivity (Wildman–Crippen MR) is 102 cm³/mol. The van der Waals surface area contributed by atoms with E-state index < -0.39 is 16.2 Å². The Labute approximate surface area is 153 Å². The summed E-state index contributed by atoms with van der Waals surface area (Å²) in [6, 6.07) is 1.84. The van der Waals surface area contributed by atoms with Crippen molar-refractivity contribution in [3.05, 3.63) is 23.0 Å². The lowest BCUT2D eigenvalue weighted by Crippen LogP contribution is -2.57. The molecular weight excluding hydrogens is 352 g/mol. The minimum atomic E-state index is -1.24. The molecule has 1 N–H and O–H groups in total. The van der Waals surface area contributed by atoms with Gasteiger partial charge < -0.3 is 9.29 Å². The van der Waals surface area contributed by atoms with Gasteiger partial charge in [0.25, 0.3) is 0 Å². The SMILES string of the molecule is COc1cc(C[C@@](S)(N[S+]([O-])C(C)(C)C)C(C)(C)C)cnc1Cl. The number of halogens is 1. The van der Waals surface area contributed by atoms with Crippen LogP contribution in [0.15, 0.2) is 12.3 Å². The number of ether oxygens (including phenoxy) is 1. The molecule has 0 aliphatic rings. The minimum absolute atomic E-state index is 0.246. The molecule has 0 saturated heterocycles. The van der Waals surface area contributed by atoms with E-state index in [1.807, 2.05) is 26.8 Å². The molecule has 0 bridgehead atoms. The molecule has 4 nitrogen and oxygen atoms in total. The Balaban J connectivity index is 3.13. The number of pyridine rings is 1. The first-order chi connectivity index (χ1) is 10.3. The maximum atomic E-state index is 12.6. The Kier molecular flexibility index (Phi) is 6.72. The van der Waals surface area contributed by atoms with Gasteiger partial charge >= 0.3 is 0 Å². The van der Waals surface area contributed by atoms with Crippen molar-refractivity contribution in [1.82, 2.24) is 9.71 Å². The maximum Gasteiger partial charge on any atom is 0.171 e. The summed E-state index contributed by atoms with van der Waals surface area (Å²) in [5.41, 5.74) is 0.666. The first kappa shape index (κ1) is 20.9. The summed E-state index contributed by atoms with van der Waals surface area (Å²) in [6.07, 6.45) is 2.23. The number of nitrogens with one attached hydrogen (secondary N) is 1. The molecule has 1 unspecified atom stereocenters. The number of nitrogens with zero attached hydrogens (tertiary/aromatic N) is 1. The number of hydrogen-bond acceptors (Lipinski definition) is 5. The smallest absolute Gasteiger partial charge is 0.171 e. The largest absolute Gasteiger partial charge is 0.598 e. The Morgan fingerprint density at radius 1 is 1.30 bits per heavy atom. The summed E-state index contributed by atoms with van der Waals surface area (Å²) >= 11 is 9.61. The lowest BCUT2D eigenvalue weighted by atomic mass is 9.83. The summed E-state index contributed by atoms with van der Waals surface area (Å²) in [5.74, 6) is 0.519. The van der Waals surface area contributed by atoms with Crippen LogP contribution in [0.3, 0.4) is 0 Å². The van der Waals surface area contributed by atoms with E-state index in [9.17, 15) is 4.55 Å². The fourth-order valence-electron chi connectivity index (χ4n) is 1.76. The van der Waals surface area contributed by atoms with Gasteiger partial charge in [0.2, 0.25) is 0 Å². The molecule has 0 radical (unpaired) electrons. The molecule has 1 aromatic rings. The molecular formula is C16H27ClN2O2S2. The van der Waals surface area contributed by atoms with E-state index in [4.69, 9.17) is 29.0 Å². The van der Waals surface area contributed by atoms with Crippen LogP contribution >= 0.6 is 24.2 Å². The molecule has 132 valence electrons. The van der Waals surface area contributed by atoms with Crippen molar-refractivity contribution in [2.24, 2.45) is 5.41 Å². The zero-order valence-electron chi connectivity index (χ0n) is 14.9. The Morgan fingerprint density at radius 3 is 2.30 bits per heavy atom. The number of thiol groups is 1. The molecule has 0 amide bonds. The fourth-order valence-corrected chi connectivity index (χ4v) is 3.37. The van der Waals surface area contributed by atoms with Gasteiger partial charge in [0, 0.05) is 24.0 Å². The van der Waals surface area contributed by atoms with Crippen LogP contribution in [0.1, 0.15) is 47.1 Å².